The van der Waals surface area contributed by atoms with Crippen LogP contribution in [0.1, 0.15) is 42.9 Å². The molecule has 2 rings (SSSR count). The Morgan fingerprint density at radius 3 is 2.50 bits per heavy atom. The van der Waals surface area contributed by atoms with Crippen LogP contribution in [0.25, 0.3) is 0 Å². The predicted molar refractivity (Wildman–Crippen MR) is 51.0 cm³/mol. The van der Waals surface area contributed by atoms with E-state index in [1.54, 1.807) is 0 Å². The average molecular weight is 161 g/mol. The lowest BCUT2D eigenvalue weighted by molar-refractivity contribution is 0.513. The normalized spacial score (nSPS) is 28.2. The van der Waals surface area contributed by atoms with Gasteiger partial charge in [-0.05, 0) is 29.9 Å². The minimum absolute atomic E-state index is 0.275. The molecule has 0 radical (unpaired) electrons. The molecule has 0 fully saturated rings. The second-order valence-corrected chi connectivity index (χ2v) is 3.71. The first-order valence-corrected chi connectivity index (χ1v) is 4.63. The van der Waals surface area contributed by atoms with Gasteiger partial charge >= 0.3 is 0 Å². The average Bonchev–Trinajstić information content (AvgIpc) is 2.12. The molecule has 1 unspecified atom stereocenters. The van der Waals surface area contributed by atoms with Crippen LogP contribution in [0.3, 0.4) is 0 Å². The second-order valence-electron chi connectivity index (χ2n) is 3.71. The maximum atomic E-state index is 6.01. The highest BCUT2D eigenvalue weighted by Gasteiger charge is 2.20. The minimum Gasteiger partial charge on any atom is -0.324 e. The van der Waals surface area contributed by atoms with Gasteiger partial charge in [-0.2, -0.15) is 0 Å². The summed E-state index contributed by atoms with van der Waals surface area (Å²) in [6.07, 6.45) is 2.37. The fourth-order valence-corrected chi connectivity index (χ4v) is 2.04. The molecule has 1 aromatic rings. The molecule has 0 aromatic heterocycles. The quantitative estimate of drug-likeness (QED) is 0.621. The number of nitrogens with two attached hydrogens (primary N) is 1. The number of hydrogen-bond donors (Lipinski definition) is 1. The fourth-order valence-electron chi connectivity index (χ4n) is 2.04. The first-order chi connectivity index (χ1) is 5.79. The van der Waals surface area contributed by atoms with E-state index in [0.29, 0.717) is 5.92 Å². The Morgan fingerprint density at radius 1 is 1.17 bits per heavy atom. The molecule has 0 aliphatic heterocycles. The van der Waals surface area contributed by atoms with Gasteiger partial charge in [0, 0.05) is 6.04 Å². The Morgan fingerprint density at radius 2 is 1.83 bits per heavy atom. The van der Waals surface area contributed by atoms with Crippen molar-refractivity contribution in [3.8, 4) is 0 Å². The van der Waals surface area contributed by atoms with E-state index in [1.807, 2.05) is 0 Å². The molecule has 12 heavy (non-hydrogen) atoms. The smallest absolute Gasteiger partial charge is 0.0297 e. The van der Waals surface area contributed by atoms with Crippen LogP contribution in [0.15, 0.2) is 24.3 Å². The third-order valence-corrected chi connectivity index (χ3v) is 2.84. The van der Waals surface area contributed by atoms with Crippen LogP contribution in [0.2, 0.25) is 0 Å². The zero-order chi connectivity index (χ0) is 8.55. The molecule has 1 aliphatic carbocycles. The van der Waals surface area contributed by atoms with Crippen LogP contribution in [0.4, 0.5) is 0 Å². The van der Waals surface area contributed by atoms with Crippen LogP contribution < -0.4 is 5.73 Å². The van der Waals surface area contributed by atoms with Crippen LogP contribution in [0, 0.1) is 0 Å². The fraction of sp³-hybridized carbons (Fsp3) is 0.455. The van der Waals surface area contributed by atoms with Gasteiger partial charge in [0.25, 0.3) is 0 Å². The highest BCUT2D eigenvalue weighted by Crippen LogP contribution is 2.35. The second kappa shape index (κ2) is 2.91. The summed E-state index contributed by atoms with van der Waals surface area (Å²) in [4.78, 5) is 0. The monoisotopic (exact) mass is 161 g/mol. The lowest BCUT2D eigenvalue weighted by atomic mass is 9.81. The van der Waals surface area contributed by atoms with Crippen molar-refractivity contribution < 1.29 is 0 Å². The van der Waals surface area contributed by atoms with Crippen molar-refractivity contribution in [1.82, 2.24) is 0 Å². The van der Waals surface area contributed by atoms with Crippen LogP contribution in [-0.2, 0) is 0 Å². The zero-order valence-corrected chi connectivity index (χ0v) is 7.46. The first kappa shape index (κ1) is 7.81. The number of hydrogen-bond acceptors (Lipinski definition) is 1. The lowest BCUT2D eigenvalue weighted by Crippen LogP contribution is -2.18. The van der Waals surface area contributed by atoms with Crippen molar-refractivity contribution in [1.29, 1.82) is 0 Å². The molecule has 1 nitrogen and oxygen atoms in total. The van der Waals surface area contributed by atoms with E-state index in [9.17, 15) is 0 Å². The molecule has 0 saturated carbocycles. The number of rotatable bonds is 0. The largest absolute Gasteiger partial charge is 0.324 e. The van der Waals surface area contributed by atoms with Gasteiger partial charge in [-0.1, -0.05) is 31.2 Å². The summed E-state index contributed by atoms with van der Waals surface area (Å²) in [5.41, 5.74) is 8.82. The molecule has 1 heteroatoms. The lowest BCUT2D eigenvalue weighted by Gasteiger charge is -2.26. The topological polar surface area (TPSA) is 26.0 Å². The van der Waals surface area contributed by atoms with Gasteiger partial charge in [-0.3, -0.25) is 0 Å². The summed E-state index contributed by atoms with van der Waals surface area (Å²) >= 11 is 0. The Bertz CT molecular complexity index is 251. The molecule has 1 aromatic carbocycles. The van der Waals surface area contributed by atoms with Crippen LogP contribution in [0.5, 0.6) is 0 Å². The number of fused-ring (bicyclic) bond motifs is 1. The van der Waals surface area contributed by atoms with Crippen molar-refractivity contribution in [3.63, 3.8) is 0 Å². The minimum atomic E-state index is 0.275. The van der Waals surface area contributed by atoms with Crippen LogP contribution in [-0.4, -0.2) is 0 Å². The molecule has 64 valence electrons. The van der Waals surface area contributed by atoms with Gasteiger partial charge in [0.2, 0.25) is 0 Å². The van der Waals surface area contributed by atoms with E-state index in [2.05, 4.69) is 31.2 Å². The summed E-state index contributed by atoms with van der Waals surface area (Å²) in [6, 6.07) is 8.83. The summed E-state index contributed by atoms with van der Waals surface area (Å²) in [5, 5.41) is 0. The highest BCUT2D eigenvalue weighted by atomic mass is 14.6. The summed E-state index contributed by atoms with van der Waals surface area (Å²) < 4.78 is 0. The molecule has 0 amide bonds. The maximum absolute atomic E-state index is 6.01. The third-order valence-electron chi connectivity index (χ3n) is 2.84. The van der Waals surface area contributed by atoms with Crippen LogP contribution >= 0.6 is 0 Å². The van der Waals surface area contributed by atoms with Gasteiger partial charge in [-0.15, -0.1) is 0 Å². The molecular formula is C11H15N. The van der Waals surface area contributed by atoms with Crippen molar-refractivity contribution in [2.24, 2.45) is 5.73 Å². The van der Waals surface area contributed by atoms with Gasteiger partial charge in [0.1, 0.15) is 0 Å². The highest BCUT2D eigenvalue weighted by molar-refractivity contribution is 5.34. The summed E-state index contributed by atoms with van der Waals surface area (Å²) in [5.74, 6) is 0.695. The van der Waals surface area contributed by atoms with Gasteiger partial charge in [0.15, 0.2) is 0 Å². The van der Waals surface area contributed by atoms with Gasteiger partial charge in [0.05, 0.1) is 0 Å². The summed E-state index contributed by atoms with van der Waals surface area (Å²) in [6.45, 7) is 2.28. The molecule has 0 heterocycles. The molecule has 2 atom stereocenters. The molecule has 1 aliphatic rings. The van der Waals surface area contributed by atoms with Gasteiger partial charge in [-0.25, -0.2) is 0 Å². The summed E-state index contributed by atoms with van der Waals surface area (Å²) in [7, 11) is 0. The van der Waals surface area contributed by atoms with Crippen molar-refractivity contribution in [2.75, 3.05) is 0 Å². The Hall–Kier alpha value is -0.820. The van der Waals surface area contributed by atoms with Crippen molar-refractivity contribution in [2.45, 2.75) is 31.7 Å². The van der Waals surface area contributed by atoms with E-state index in [-0.39, 0.29) is 6.04 Å². The van der Waals surface area contributed by atoms with Gasteiger partial charge < -0.3 is 5.73 Å². The molecule has 0 spiro atoms. The standard InChI is InChI=1S/C11H15N/c1-8-6-7-11(12)10-5-3-2-4-9(8)10/h2-5,8,11H,6-7,12H2,1H3/t8?,11-/m0/s1. The predicted octanol–water partition coefficient (Wildman–Crippen LogP) is 2.58. The molecular weight excluding hydrogens is 146 g/mol. The van der Waals surface area contributed by atoms with Crippen molar-refractivity contribution in [3.05, 3.63) is 35.4 Å². The number of benzene rings is 1. The maximum Gasteiger partial charge on any atom is 0.0297 e. The van der Waals surface area contributed by atoms with E-state index >= 15 is 0 Å². The molecule has 2 N–H and O–H groups in total. The SMILES string of the molecule is CC1CC[C@H](N)c2ccccc21. The zero-order valence-electron chi connectivity index (χ0n) is 7.46. The third kappa shape index (κ3) is 1.14. The Labute approximate surface area is 73.6 Å². The Balaban J connectivity index is 2.47. The van der Waals surface area contributed by atoms with Crippen molar-refractivity contribution >= 4 is 0 Å². The first-order valence-electron chi connectivity index (χ1n) is 4.63. The van der Waals surface area contributed by atoms with E-state index in [0.717, 1.165) is 6.42 Å². The van der Waals surface area contributed by atoms with E-state index in [1.165, 1.54) is 17.5 Å². The Kier molecular flexibility index (Phi) is 1.89. The van der Waals surface area contributed by atoms with E-state index < -0.39 is 0 Å². The molecule has 0 saturated heterocycles. The van der Waals surface area contributed by atoms with E-state index in [4.69, 9.17) is 5.73 Å². The molecule has 0 bridgehead atoms.